The molecule has 162 valence electrons. The molecule has 32 heavy (non-hydrogen) atoms. The molecule has 0 saturated carbocycles. The van der Waals surface area contributed by atoms with Gasteiger partial charge in [-0.3, -0.25) is 15.2 Å². The fourth-order valence-corrected chi connectivity index (χ4v) is 4.01. The predicted molar refractivity (Wildman–Crippen MR) is 125 cm³/mol. The molecule has 1 fully saturated rings. The van der Waals surface area contributed by atoms with Crippen LogP contribution in [0.25, 0.3) is 0 Å². The van der Waals surface area contributed by atoms with Gasteiger partial charge in [0.1, 0.15) is 23.7 Å². The van der Waals surface area contributed by atoms with Crippen molar-refractivity contribution in [3.8, 4) is 11.5 Å². The summed E-state index contributed by atoms with van der Waals surface area (Å²) in [5.74, 6) is 1.48. The van der Waals surface area contributed by atoms with Crippen LogP contribution in [0.15, 0.2) is 85.7 Å². The third kappa shape index (κ3) is 4.92. The Morgan fingerprint density at radius 3 is 2.66 bits per heavy atom. The summed E-state index contributed by atoms with van der Waals surface area (Å²) in [6.45, 7) is 5.13. The molecule has 6 nitrogen and oxygen atoms in total. The Morgan fingerprint density at radius 2 is 1.91 bits per heavy atom. The first-order valence-corrected chi connectivity index (χ1v) is 10.8. The van der Waals surface area contributed by atoms with Crippen molar-refractivity contribution in [2.45, 2.75) is 18.9 Å². The zero-order valence-corrected chi connectivity index (χ0v) is 17.9. The van der Waals surface area contributed by atoms with E-state index in [9.17, 15) is 4.79 Å². The maximum Gasteiger partial charge on any atom is 0.246 e. The van der Waals surface area contributed by atoms with Crippen LogP contribution >= 0.6 is 0 Å². The SMILES string of the molecule is C=CC(=O)N1CCCC1C[NH2+]c1ccncc1C(=N)c1ccc(Oc2ccccc2)cc1. The minimum Gasteiger partial charge on any atom is -0.457 e. The highest BCUT2D eigenvalue weighted by atomic mass is 16.5. The number of pyridine rings is 1. The number of rotatable bonds is 8. The van der Waals surface area contributed by atoms with E-state index in [0.29, 0.717) is 5.71 Å². The number of carbonyl (C=O) groups excluding carboxylic acids is 1. The van der Waals surface area contributed by atoms with Crippen LogP contribution in [0.2, 0.25) is 0 Å². The lowest BCUT2D eigenvalue weighted by molar-refractivity contribution is -0.576. The van der Waals surface area contributed by atoms with E-state index in [4.69, 9.17) is 10.1 Å². The molecule has 2 heterocycles. The summed E-state index contributed by atoms with van der Waals surface area (Å²) in [5.41, 5.74) is 2.91. The van der Waals surface area contributed by atoms with Gasteiger partial charge in [0, 0.05) is 30.6 Å². The average Bonchev–Trinajstić information content (AvgIpc) is 3.32. The van der Waals surface area contributed by atoms with Crippen molar-refractivity contribution < 1.29 is 14.8 Å². The molecule has 1 aliphatic rings. The van der Waals surface area contributed by atoms with Gasteiger partial charge in [0.05, 0.1) is 17.3 Å². The Balaban J connectivity index is 1.45. The molecule has 1 aliphatic heterocycles. The number of nitrogens with zero attached hydrogens (tertiary/aromatic N) is 2. The monoisotopic (exact) mass is 427 g/mol. The predicted octanol–water partition coefficient (Wildman–Crippen LogP) is 3.66. The molecule has 0 bridgehead atoms. The molecule has 3 N–H and O–H groups in total. The van der Waals surface area contributed by atoms with E-state index < -0.39 is 0 Å². The highest BCUT2D eigenvalue weighted by Crippen LogP contribution is 2.23. The maximum atomic E-state index is 12.1. The summed E-state index contributed by atoms with van der Waals surface area (Å²) >= 11 is 0. The summed E-state index contributed by atoms with van der Waals surface area (Å²) in [6.07, 6.45) is 6.84. The zero-order chi connectivity index (χ0) is 22.3. The van der Waals surface area contributed by atoms with Gasteiger partial charge in [-0.1, -0.05) is 24.8 Å². The molecular weight excluding hydrogens is 400 g/mol. The first kappa shape index (κ1) is 21.5. The average molecular weight is 428 g/mol. The van der Waals surface area contributed by atoms with Gasteiger partial charge in [-0.25, -0.2) is 0 Å². The molecule has 6 heteroatoms. The third-order valence-electron chi connectivity index (χ3n) is 5.69. The maximum absolute atomic E-state index is 12.1. The Morgan fingerprint density at radius 1 is 1.16 bits per heavy atom. The molecule has 2 aromatic carbocycles. The second-order valence-corrected chi connectivity index (χ2v) is 7.75. The van der Waals surface area contributed by atoms with Crippen LogP contribution in [0.3, 0.4) is 0 Å². The van der Waals surface area contributed by atoms with E-state index in [2.05, 4.69) is 16.9 Å². The van der Waals surface area contributed by atoms with E-state index in [-0.39, 0.29) is 11.9 Å². The number of hydrogen-bond acceptors (Lipinski definition) is 4. The summed E-state index contributed by atoms with van der Waals surface area (Å²) in [6, 6.07) is 19.2. The molecule has 1 amide bonds. The molecular formula is C26H27N4O2+. The molecule has 0 aliphatic carbocycles. The van der Waals surface area contributed by atoms with Crippen LogP contribution in [0.5, 0.6) is 11.5 Å². The fourth-order valence-electron chi connectivity index (χ4n) is 4.01. The topological polar surface area (TPSA) is 82.9 Å². The number of amides is 1. The van der Waals surface area contributed by atoms with Crippen LogP contribution in [0.1, 0.15) is 24.0 Å². The Kier molecular flexibility index (Phi) is 6.72. The van der Waals surface area contributed by atoms with Gasteiger partial charge >= 0.3 is 0 Å². The second-order valence-electron chi connectivity index (χ2n) is 7.75. The van der Waals surface area contributed by atoms with Crippen molar-refractivity contribution in [2.24, 2.45) is 0 Å². The fraction of sp³-hybridized carbons (Fsp3) is 0.192. The summed E-state index contributed by atoms with van der Waals surface area (Å²) in [4.78, 5) is 18.2. The molecule has 1 atom stereocenters. The largest absolute Gasteiger partial charge is 0.457 e. The number of nitrogens with two attached hydrogens (primary N) is 1. The van der Waals surface area contributed by atoms with Crippen molar-refractivity contribution in [1.82, 2.24) is 9.88 Å². The van der Waals surface area contributed by atoms with Crippen molar-refractivity contribution in [1.29, 1.82) is 5.41 Å². The Bertz CT molecular complexity index is 1100. The lowest BCUT2D eigenvalue weighted by Crippen LogP contribution is -2.82. The first-order chi connectivity index (χ1) is 15.7. The third-order valence-corrected chi connectivity index (χ3v) is 5.69. The number of nitrogens with one attached hydrogen (secondary N) is 1. The van der Waals surface area contributed by atoms with Crippen LogP contribution in [0, 0.1) is 5.41 Å². The van der Waals surface area contributed by atoms with Gasteiger partial charge in [-0.05, 0) is 55.3 Å². The summed E-state index contributed by atoms with van der Waals surface area (Å²) in [5, 5.41) is 10.9. The lowest BCUT2D eigenvalue weighted by atomic mass is 10.0. The summed E-state index contributed by atoms with van der Waals surface area (Å²) in [7, 11) is 0. The number of benzene rings is 2. The highest BCUT2D eigenvalue weighted by molar-refractivity contribution is 6.13. The molecule has 4 rings (SSSR count). The number of aromatic nitrogens is 1. The van der Waals surface area contributed by atoms with Gasteiger partial charge < -0.3 is 15.0 Å². The highest BCUT2D eigenvalue weighted by Gasteiger charge is 2.29. The molecule has 0 spiro atoms. The molecule has 3 aromatic rings. The normalized spacial score (nSPS) is 15.4. The standard InChI is InChI=1S/C26H26N4O2/c1-2-25(31)30-16-6-7-20(30)17-29-24-14-15-28-18-23(24)26(27)19-10-12-22(13-11-19)32-21-8-4-3-5-9-21/h2-5,8-15,18,20,27H,1,6-7,16-17H2,(H,28,29)/p+1. The van der Waals surface area contributed by atoms with Crippen LogP contribution in [-0.4, -0.2) is 40.6 Å². The van der Waals surface area contributed by atoms with Crippen molar-refractivity contribution in [2.75, 3.05) is 13.1 Å². The number of ether oxygens (including phenoxy) is 1. The molecule has 0 radical (unpaired) electrons. The van der Waals surface area contributed by atoms with E-state index in [1.807, 2.05) is 65.6 Å². The number of para-hydroxylation sites is 1. The van der Waals surface area contributed by atoms with E-state index in [1.54, 1.807) is 12.4 Å². The molecule has 1 unspecified atom stereocenters. The zero-order valence-electron chi connectivity index (χ0n) is 17.9. The van der Waals surface area contributed by atoms with Crippen molar-refractivity contribution in [3.05, 3.63) is 96.8 Å². The molecule has 1 saturated heterocycles. The van der Waals surface area contributed by atoms with E-state index in [0.717, 1.165) is 54.2 Å². The van der Waals surface area contributed by atoms with E-state index in [1.165, 1.54) is 6.08 Å². The number of quaternary nitrogens is 1. The van der Waals surface area contributed by atoms with Gasteiger partial charge in [-0.2, -0.15) is 0 Å². The summed E-state index contributed by atoms with van der Waals surface area (Å²) < 4.78 is 5.85. The number of likely N-dealkylation sites (tertiary alicyclic amines) is 1. The van der Waals surface area contributed by atoms with Gasteiger partial charge in [-0.15, -0.1) is 0 Å². The minimum atomic E-state index is -0.0126. The van der Waals surface area contributed by atoms with Gasteiger partial charge in [0.15, 0.2) is 0 Å². The smallest absolute Gasteiger partial charge is 0.246 e. The number of carbonyl (C=O) groups is 1. The van der Waals surface area contributed by atoms with Crippen molar-refractivity contribution >= 4 is 17.3 Å². The Labute approximate surface area is 188 Å². The van der Waals surface area contributed by atoms with E-state index >= 15 is 0 Å². The van der Waals surface area contributed by atoms with Crippen molar-refractivity contribution in [3.63, 3.8) is 0 Å². The minimum absolute atomic E-state index is 0.0126. The number of hydrogen-bond donors (Lipinski definition) is 2. The second kappa shape index (κ2) is 10.0. The van der Waals surface area contributed by atoms with Gasteiger partial charge in [0.2, 0.25) is 5.91 Å². The van der Waals surface area contributed by atoms with Crippen LogP contribution < -0.4 is 10.1 Å². The van der Waals surface area contributed by atoms with Crippen LogP contribution in [0.4, 0.5) is 5.69 Å². The lowest BCUT2D eigenvalue weighted by Gasteiger charge is -2.22. The molecule has 1 aromatic heterocycles. The first-order valence-electron chi connectivity index (χ1n) is 10.8. The quantitative estimate of drug-likeness (QED) is 0.425. The Hall–Kier alpha value is -3.77. The van der Waals surface area contributed by atoms with Gasteiger partial charge in [0.25, 0.3) is 0 Å². The van der Waals surface area contributed by atoms with Crippen LogP contribution in [-0.2, 0) is 4.79 Å².